The maximum atomic E-state index is 13.2. The molecule has 0 spiro atoms. The summed E-state index contributed by atoms with van der Waals surface area (Å²) >= 11 is 0. The highest BCUT2D eigenvalue weighted by atomic mass is 32.2. The van der Waals surface area contributed by atoms with Crippen LogP contribution in [0.1, 0.15) is 73.8 Å². The highest BCUT2D eigenvalue weighted by Gasteiger charge is 2.35. The van der Waals surface area contributed by atoms with Crippen LogP contribution in [0.5, 0.6) is 5.75 Å². The Labute approximate surface area is 237 Å². The number of amides is 1. The molecular formula is C31H42N2O6S. The van der Waals surface area contributed by atoms with E-state index in [1.54, 1.807) is 30.3 Å². The first-order valence-electron chi connectivity index (χ1n) is 13.9. The molecule has 1 atom stereocenters. The largest absolute Gasteiger partial charge is 0.477 e. The van der Waals surface area contributed by atoms with Crippen molar-refractivity contribution in [3.63, 3.8) is 0 Å². The van der Waals surface area contributed by atoms with Crippen LogP contribution in [0.25, 0.3) is 0 Å². The first-order chi connectivity index (χ1) is 19.2. The van der Waals surface area contributed by atoms with Crippen molar-refractivity contribution >= 4 is 15.7 Å². The van der Waals surface area contributed by atoms with Gasteiger partial charge in [-0.25, -0.2) is 8.42 Å². The lowest BCUT2D eigenvalue weighted by Crippen LogP contribution is -2.39. The molecule has 1 heterocycles. The molecule has 0 fully saturated rings. The topological polar surface area (TPSA) is 118 Å². The maximum absolute atomic E-state index is 13.2. The summed E-state index contributed by atoms with van der Waals surface area (Å²) in [7, 11) is -3.59. The van der Waals surface area contributed by atoms with E-state index in [2.05, 4.69) is 19.2 Å². The van der Waals surface area contributed by atoms with Crippen molar-refractivity contribution in [1.82, 2.24) is 9.88 Å². The molecule has 8 nitrogen and oxygen atoms in total. The fourth-order valence-electron chi connectivity index (χ4n) is 5.34. The van der Waals surface area contributed by atoms with Crippen LogP contribution in [-0.4, -0.2) is 54.3 Å². The van der Waals surface area contributed by atoms with Crippen molar-refractivity contribution < 1.29 is 28.2 Å². The lowest BCUT2D eigenvalue weighted by atomic mass is 9.72. The number of aliphatic hydroxyl groups is 2. The summed E-state index contributed by atoms with van der Waals surface area (Å²) in [6.45, 7) is 8.55. The first kappa shape index (κ1) is 31.4. The third kappa shape index (κ3) is 6.77. The molecule has 0 aliphatic heterocycles. The Kier molecular flexibility index (Phi) is 11.0. The Balaban J connectivity index is 1.90. The van der Waals surface area contributed by atoms with Gasteiger partial charge in [-0.05, 0) is 81.0 Å². The number of ether oxygens (including phenoxy) is 1. The summed E-state index contributed by atoms with van der Waals surface area (Å²) in [5.74, 6) is -0.201. The van der Waals surface area contributed by atoms with Gasteiger partial charge in [0, 0.05) is 24.3 Å². The van der Waals surface area contributed by atoms with E-state index in [0.29, 0.717) is 30.8 Å². The second-order valence-electron chi connectivity index (χ2n) is 10.0. The molecule has 0 unspecified atom stereocenters. The molecule has 0 aliphatic carbocycles. The van der Waals surface area contributed by atoms with Crippen molar-refractivity contribution in [3.8, 4) is 5.75 Å². The van der Waals surface area contributed by atoms with Crippen LogP contribution < -0.4 is 10.1 Å². The summed E-state index contributed by atoms with van der Waals surface area (Å²) in [6.07, 6.45) is 2.56. The van der Waals surface area contributed by atoms with Crippen LogP contribution in [0.15, 0.2) is 65.6 Å². The van der Waals surface area contributed by atoms with Crippen molar-refractivity contribution in [3.05, 3.63) is 83.2 Å². The number of sulfone groups is 1. The number of nitrogens with zero attached hydrogens (tertiary/aromatic N) is 1. The number of aliphatic hydroxyl groups excluding tert-OH is 2. The highest BCUT2D eigenvalue weighted by Crippen LogP contribution is 2.41. The highest BCUT2D eigenvalue weighted by molar-refractivity contribution is 7.91. The Bertz CT molecular complexity index is 1360. The van der Waals surface area contributed by atoms with Gasteiger partial charge in [0.2, 0.25) is 9.84 Å². The second kappa shape index (κ2) is 14.0. The Hall–Kier alpha value is -3.14. The molecule has 1 aromatic heterocycles. The Morgan fingerprint density at radius 1 is 1.02 bits per heavy atom. The van der Waals surface area contributed by atoms with Crippen molar-refractivity contribution in [2.24, 2.45) is 0 Å². The van der Waals surface area contributed by atoms with Gasteiger partial charge >= 0.3 is 0 Å². The number of rotatable bonds is 15. The molecule has 2 aromatic carbocycles. The normalized spacial score (nSPS) is 12.8. The van der Waals surface area contributed by atoms with E-state index in [0.717, 1.165) is 29.7 Å². The van der Waals surface area contributed by atoms with Gasteiger partial charge in [0.05, 0.1) is 17.5 Å². The van der Waals surface area contributed by atoms with Crippen LogP contribution in [-0.2, 0) is 21.8 Å². The lowest BCUT2D eigenvalue weighted by Gasteiger charge is -2.34. The molecule has 0 aliphatic rings. The molecule has 218 valence electrons. The van der Waals surface area contributed by atoms with Crippen LogP contribution in [0, 0.1) is 6.92 Å². The van der Waals surface area contributed by atoms with Gasteiger partial charge < -0.3 is 24.8 Å². The van der Waals surface area contributed by atoms with Crippen LogP contribution in [0.2, 0.25) is 0 Å². The van der Waals surface area contributed by atoms with Gasteiger partial charge in [-0.2, -0.15) is 0 Å². The van der Waals surface area contributed by atoms with E-state index in [-0.39, 0.29) is 29.4 Å². The van der Waals surface area contributed by atoms with E-state index < -0.39 is 21.8 Å². The molecule has 3 aromatic rings. The van der Waals surface area contributed by atoms with Gasteiger partial charge in [0.15, 0.2) is 5.94 Å². The summed E-state index contributed by atoms with van der Waals surface area (Å²) < 4.78 is 33.2. The number of hydrogen-bond donors (Lipinski definition) is 3. The molecule has 3 rings (SSSR count). The number of aromatic nitrogens is 1. The average Bonchev–Trinajstić information content (AvgIpc) is 3.41. The van der Waals surface area contributed by atoms with Gasteiger partial charge in [0.1, 0.15) is 11.4 Å². The standard InChI is InChI=1S/C31H42N2O6S/c1-5-31(6-2,29-18-16-27(33(29)7-3)30(36)32-25(21-35)12-11-19-34)24-15-17-28(23(4)20-24)39-22-40(37,38)26-13-9-8-10-14-26/h8-10,13-18,20,25,34-35H,5-7,11-12,19,21-22H2,1-4H3,(H,32,36)/t25-/m0/s1. The molecule has 9 heteroatoms. The number of nitrogens with one attached hydrogen (secondary N) is 1. The summed E-state index contributed by atoms with van der Waals surface area (Å²) in [5.41, 5.74) is 3.04. The third-order valence-electron chi connectivity index (χ3n) is 7.69. The summed E-state index contributed by atoms with van der Waals surface area (Å²) in [5, 5.41) is 21.7. The lowest BCUT2D eigenvalue weighted by molar-refractivity contribution is 0.0899. The Morgan fingerprint density at radius 2 is 1.73 bits per heavy atom. The van der Waals surface area contributed by atoms with E-state index in [1.807, 2.05) is 48.7 Å². The molecule has 0 radical (unpaired) electrons. The minimum Gasteiger partial charge on any atom is -0.477 e. The van der Waals surface area contributed by atoms with E-state index in [9.17, 15) is 18.3 Å². The fourth-order valence-corrected chi connectivity index (χ4v) is 6.33. The van der Waals surface area contributed by atoms with Crippen molar-refractivity contribution in [2.45, 2.75) is 76.3 Å². The average molecular weight is 571 g/mol. The van der Waals surface area contributed by atoms with Gasteiger partial charge in [-0.1, -0.05) is 44.2 Å². The fraction of sp³-hybridized carbons (Fsp3) is 0.452. The van der Waals surface area contributed by atoms with E-state index in [1.165, 1.54) is 0 Å². The number of carbonyl (C=O) groups is 1. The number of hydrogen-bond acceptors (Lipinski definition) is 6. The third-order valence-corrected chi connectivity index (χ3v) is 9.11. The molecule has 0 bridgehead atoms. The smallest absolute Gasteiger partial charge is 0.268 e. The van der Waals surface area contributed by atoms with Crippen LogP contribution >= 0.6 is 0 Å². The predicted octanol–water partition coefficient (Wildman–Crippen LogP) is 4.60. The zero-order valence-corrected chi connectivity index (χ0v) is 24.7. The number of carbonyl (C=O) groups excluding carboxylic acids is 1. The molecular weight excluding hydrogens is 528 g/mol. The van der Waals surface area contributed by atoms with Gasteiger partial charge in [-0.15, -0.1) is 0 Å². The minimum atomic E-state index is -3.59. The quantitative estimate of drug-likeness (QED) is 0.246. The Morgan fingerprint density at radius 3 is 2.30 bits per heavy atom. The molecule has 3 N–H and O–H groups in total. The summed E-state index contributed by atoms with van der Waals surface area (Å²) in [6, 6.07) is 17.5. The van der Waals surface area contributed by atoms with Crippen LogP contribution in [0.3, 0.4) is 0 Å². The van der Waals surface area contributed by atoms with Crippen molar-refractivity contribution in [1.29, 1.82) is 0 Å². The first-order valence-corrected chi connectivity index (χ1v) is 15.6. The number of benzene rings is 2. The molecule has 40 heavy (non-hydrogen) atoms. The van der Waals surface area contributed by atoms with Crippen molar-refractivity contribution in [2.75, 3.05) is 19.2 Å². The SMILES string of the molecule is CCn1c(C(=O)N[C@H](CO)CCCO)ccc1C(CC)(CC)c1ccc(OCS(=O)(=O)c2ccccc2)c(C)c1. The zero-order chi connectivity index (χ0) is 29.3. The zero-order valence-electron chi connectivity index (χ0n) is 23.9. The van der Waals surface area contributed by atoms with E-state index >= 15 is 0 Å². The van der Waals surface area contributed by atoms with Gasteiger partial charge in [-0.3, -0.25) is 4.79 Å². The number of aryl methyl sites for hydroxylation is 1. The second-order valence-corrected chi connectivity index (χ2v) is 12.0. The predicted molar refractivity (Wildman–Crippen MR) is 156 cm³/mol. The van der Waals surface area contributed by atoms with Gasteiger partial charge in [0.25, 0.3) is 5.91 Å². The minimum absolute atomic E-state index is 0.00343. The molecule has 0 saturated carbocycles. The molecule has 0 saturated heterocycles. The van der Waals surface area contributed by atoms with Crippen LogP contribution in [0.4, 0.5) is 0 Å². The van der Waals surface area contributed by atoms with E-state index in [4.69, 9.17) is 9.84 Å². The molecule has 1 amide bonds. The monoisotopic (exact) mass is 570 g/mol. The maximum Gasteiger partial charge on any atom is 0.268 e. The summed E-state index contributed by atoms with van der Waals surface area (Å²) in [4.78, 5) is 13.4.